The molecule has 0 spiro atoms. The van der Waals surface area contributed by atoms with Crippen LogP contribution in [0, 0.1) is 0 Å². The molecule has 5 heteroatoms. The largest absolute Gasteiger partial charge is 0.506 e. The molecule has 0 amide bonds. The van der Waals surface area contributed by atoms with Crippen molar-refractivity contribution in [2.45, 2.75) is 38.1 Å². The van der Waals surface area contributed by atoms with E-state index in [1.807, 2.05) is 6.07 Å². The van der Waals surface area contributed by atoms with Gasteiger partial charge in [0.15, 0.2) is 0 Å². The average molecular weight is 314 g/mol. The normalized spacial score (nSPS) is 16.1. The van der Waals surface area contributed by atoms with Gasteiger partial charge in [0.25, 0.3) is 0 Å². The third-order valence-electron chi connectivity index (χ3n) is 3.38. The zero-order valence-corrected chi connectivity index (χ0v) is 11.5. The number of phenols is 1. The van der Waals surface area contributed by atoms with Crippen molar-refractivity contribution in [1.29, 1.82) is 0 Å². The smallest absolute Gasteiger partial charge is 0.305 e. The molecular weight excluding hydrogens is 298 g/mol. The van der Waals surface area contributed by atoms with Crippen LogP contribution >= 0.6 is 15.9 Å². The number of benzene rings is 1. The standard InChI is InChI=1S/C13H16BrNO3/c14-12-8-4-2-1-3-7(8)5-9(13(12)18)10(15)6-11(16)17/h5,10,18H,1-4,6,15H2,(H,16,17). The fourth-order valence-electron chi connectivity index (χ4n) is 2.45. The summed E-state index contributed by atoms with van der Waals surface area (Å²) in [5.74, 6) is -0.875. The molecule has 0 radical (unpaired) electrons. The molecule has 0 saturated carbocycles. The molecule has 4 nitrogen and oxygen atoms in total. The number of hydrogen-bond donors (Lipinski definition) is 3. The van der Waals surface area contributed by atoms with Crippen molar-refractivity contribution in [1.82, 2.24) is 0 Å². The van der Waals surface area contributed by atoms with Crippen LogP contribution in [-0.4, -0.2) is 16.2 Å². The Hall–Kier alpha value is -1.07. The number of rotatable bonds is 3. The van der Waals surface area contributed by atoms with Gasteiger partial charge in [-0.2, -0.15) is 0 Å². The Balaban J connectivity index is 2.42. The summed E-state index contributed by atoms with van der Waals surface area (Å²) in [6, 6.07) is 1.19. The maximum atomic E-state index is 10.7. The van der Waals surface area contributed by atoms with Crippen molar-refractivity contribution in [2.75, 3.05) is 0 Å². The zero-order valence-electron chi connectivity index (χ0n) is 9.95. The number of carboxylic acid groups (broad SMARTS) is 1. The highest BCUT2D eigenvalue weighted by molar-refractivity contribution is 9.10. The van der Waals surface area contributed by atoms with Gasteiger partial charge in [-0.25, -0.2) is 0 Å². The summed E-state index contributed by atoms with van der Waals surface area (Å²) in [5.41, 5.74) is 8.65. The van der Waals surface area contributed by atoms with Gasteiger partial charge < -0.3 is 15.9 Å². The SMILES string of the molecule is NC(CC(=O)O)c1cc2c(c(Br)c1O)CCCC2. The predicted molar refractivity (Wildman–Crippen MR) is 71.6 cm³/mol. The number of aliphatic carboxylic acids is 1. The molecule has 1 aromatic rings. The van der Waals surface area contributed by atoms with Crippen molar-refractivity contribution in [3.63, 3.8) is 0 Å². The minimum Gasteiger partial charge on any atom is -0.506 e. The molecule has 2 rings (SSSR count). The fraction of sp³-hybridized carbons (Fsp3) is 0.462. The molecule has 18 heavy (non-hydrogen) atoms. The molecule has 4 N–H and O–H groups in total. The Morgan fingerprint density at radius 1 is 1.44 bits per heavy atom. The van der Waals surface area contributed by atoms with E-state index in [0.29, 0.717) is 10.0 Å². The summed E-state index contributed by atoms with van der Waals surface area (Å²) >= 11 is 3.40. The van der Waals surface area contributed by atoms with Gasteiger partial charge in [0.1, 0.15) is 5.75 Å². The maximum absolute atomic E-state index is 10.7. The van der Waals surface area contributed by atoms with Gasteiger partial charge >= 0.3 is 5.97 Å². The monoisotopic (exact) mass is 313 g/mol. The number of aromatic hydroxyl groups is 1. The Morgan fingerprint density at radius 2 is 2.11 bits per heavy atom. The first-order chi connectivity index (χ1) is 8.50. The van der Waals surface area contributed by atoms with Gasteiger partial charge in [0, 0.05) is 11.6 Å². The molecule has 1 aliphatic rings. The number of hydrogen-bond acceptors (Lipinski definition) is 3. The number of aryl methyl sites for hydroxylation is 1. The summed E-state index contributed by atoms with van der Waals surface area (Å²) < 4.78 is 0.676. The highest BCUT2D eigenvalue weighted by Crippen LogP contribution is 2.40. The minimum atomic E-state index is -0.962. The third-order valence-corrected chi connectivity index (χ3v) is 4.23. The Bertz CT molecular complexity index is 488. The van der Waals surface area contributed by atoms with Crippen LogP contribution in [0.5, 0.6) is 5.75 Å². The van der Waals surface area contributed by atoms with E-state index >= 15 is 0 Å². The van der Waals surface area contributed by atoms with E-state index in [1.165, 1.54) is 5.56 Å². The molecule has 1 atom stereocenters. The average Bonchev–Trinajstić information content (AvgIpc) is 2.33. The summed E-state index contributed by atoms with van der Waals surface area (Å²) in [6.45, 7) is 0. The molecule has 0 saturated heterocycles. The summed E-state index contributed by atoms with van der Waals surface area (Å²) in [7, 11) is 0. The summed E-state index contributed by atoms with van der Waals surface area (Å²) in [5, 5.41) is 18.9. The molecule has 0 fully saturated rings. The van der Waals surface area contributed by atoms with Crippen LogP contribution in [0.1, 0.15) is 42.0 Å². The lowest BCUT2D eigenvalue weighted by atomic mass is 9.88. The van der Waals surface area contributed by atoms with Crippen molar-refractivity contribution < 1.29 is 15.0 Å². The van der Waals surface area contributed by atoms with Gasteiger partial charge in [0.2, 0.25) is 0 Å². The molecule has 0 aromatic heterocycles. The fourth-order valence-corrected chi connectivity index (χ4v) is 3.13. The summed E-state index contributed by atoms with van der Waals surface area (Å²) in [6.07, 6.45) is 3.96. The number of phenolic OH excluding ortho intramolecular Hbond substituents is 1. The molecular formula is C13H16BrNO3. The molecule has 1 aliphatic carbocycles. The molecule has 0 bridgehead atoms. The van der Waals surface area contributed by atoms with Crippen LogP contribution in [-0.2, 0) is 17.6 Å². The second kappa shape index (κ2) is 5.28. The van der Waals surface area contributed by atoms with Crippen LogP contribution in [0.2, 0.25) is 0 Å². The topological polar surface area (TPSA) is 83.6 Å². The van der Waals surface area contributed by atoms with Gasteiger partial charge in [-0.15, -0.1) is 0 Å². The van der Waals surface area contributed by atoms with E-state index in [9.17, 15) is 9.90 Å². The minimum absolute atomic E-state index is 0.0874. The van der Waals surface area contributed by atoms with Gasteiger partial charge in [-0.1, -0.05) is 6.07 Å². The van der Waals surface area contributed by atoms with Crippen molar-refractivity contribution in [3.05, 3.63) is 27.2 Å². The first-order valence-corrected chi connectivity index (χ1v) is 6.80. The predicted octanol–water partition coefficient (Wildman–Crippen LogP) is 2.51. The van der Waals surface area contributed by atoms with E-state index in [0.717, 1.165) is 31.2 Å². The first-order valence-electron chi connectivity index (χ1n) is 6.01. The summed E-state index contributed by atoms with van der Waals surface area (Å²) in [4.78, 5) is 10.7. The third kappa shape index (κ3) is 2.52. The van der Waals surface area contributed by atoms with Crippen molar-refractivity contribution in [2.24, 2.45) is 5.73 Å². The second-order valence-electron chi connectivity index (χ2n) is 4.68. The lowest BCUT2D eigenvalue weighted by molar-refractivity contribution is -0.137. The Morgan fingerprint density at radius 3 is 2.78 bits per heavy atom. The van der Waals surface area contributed by atoms with Crippen LogP contribution in [0.25, 0.3) is 0 Å². The number of carbonyl (C=O) groups is 1. The van der Waals surface area contributed by atoms with Gasteiger partial charge in [-0.05, 0) is 52.7 Å². The molecule has 1 aromatic carbocycles. The first kappa shape index (κ1) is 13.4. The zero-order chi connectivity index (χ0) is 13.3. The van der Waals surface area contributed by atoms with Crippen LogP contribution in [0.3, 0.4) is 0 Å². The molecule has 1 unspecified atom stereocenters. The Kier molecular flexibility index (Phi) is 3.92. The van der Waals surface area contributed by atoms with E-state index in [1.54, 1.807) is 0 Å². The Labute approximate surface area is 114 Å². The van der Waals surface area contributed by atoms with Crippen LogP contribution in [0.15, 0.2) is 10.5 Å². The maximum Gasteiger partial charge on any atom is 0.305 e. The molecule has 0 heterocycles. The molecule has 0 aliphatic heterocycles. The van der Waals surface area contributed by atoms with E-state index in [-0.39, 0.29) is 12.2 Å². The van der Waals surface area contributed by atoms with Crippen LogP contribution in [0.4, 0.5) is 0 Å². The van der Waals surface area contributed by atoms with Gasteiger partial charge in [-0.3, -0.25) is 4.79 Å². The number of nitrogens with two attached hydrogens (primary N) is 1. The number of fused-ring (bicyclic) bond motifs is 1. The van der Waals surface area contributed by atoms with Crippen LogP contribution < -0.4 is 5.73 Å². The van der Waals surface area contributed by atoms with Crippen molar-refractivity contribution in [3.8, 4) is 5.75 Å². The van der Waals surface area contributed by atoms with E-state index in [2.05, 4.69) is 15.9 Å². The van der Waals surface area contributed by atoms with E-state index in [4.69, 9.17) is 10.8 Å². The van der Waals surface area contributed by atoms with Crippen molar-refractivity contribution >= 4 is 21.9 Å². The number of carboxylic acids is 1. The highest BCUT2D eigenvalue weighted by Gasteiger charge is 2.22. The van der Waals surface area contributed by atoms with Gasteiger partial charge in [0.05, 0.1) is 10.9 Å². The number of halogens is 1. The lowest BCUT2D eigenvalue weighted by Gasteiger charge is -2.22. The lowest BCUT2D eigenvalue weighted by Crippen LogP contribution is -2.16. The highest BCUT2D eigenvalue weighted by atomic mass is 79.9. The van der Waals surface area contributed by atoms with E-state index < -0.39 is 12.0 Å². The second-order valence-corrected chi connectivity index (χ2v) is 5.47. The quantitative estimate of drug-likeness (QED) is 0.800. The molecule has 98 valence electrons.